The molecular weight excluding hydrogens is 717 g/mol. The second-order valence-corrected chi connectivity index (χ2v) is 13.2. The number of para-hydroxylation sites is 2. The highest BCUT2D eigenvalue weighted by Gasteiger charge is 2.25. The van der Waals surface area contributed by atoms with E-state index in [4.69, 9.17) is 22.2 Å². The van der Waals surface area contributed by atoms with Crippen molar-refractivity contribution in [2.75, 3.05) is 0 Å². The molecule has 0 radical (unpaired) electrons. The Kier molecular flexibility index (Phi) is 12.1. The summed E-state index contributed by atoms with van der Waals surface area (Å²) in [5.41, 5.74) is 5.76. The zero-order valence-corrected chi connectivity index (χ0v) is 31.0. The standard InChI is InChI=1S/C31H24O4P2.C12H9O2P.CH4/c1-20-12-14-21(15-13-20)19-33-31(32)26-18-23-9-5-7-11-25(23)29(30(26)35-37-3)28-24-10-6-4-8-22(24)16-17-27(28)34-36-2;1-3-7-11-9(5-1)10-6-2-4-8-12(10)14-15-13-11;/h4-18H,2-3,19H2,1H3;1-8,15H;1H4. The summed E-state index contributed by atoms with van der Waals surface area (Å²) < 4.78 is 28.9. The molecular formula is C44H37O6P3. The Morgan fingerprint density at radius 1 is 0.642 bits per heavy atom. The molecule has 0 aliphatic carbocycles. The lowest BCUT2D eigenvalue weighted by atomic mass is 9.90. The third kappa shape index (κ3) is 8.07. The molecule has 0 aliphatic heterocycles. The third-order valence-corrected chi connectivity index (χ3v) is 9.78. The second-order valence-electron chi connectivity index (χ2n) is 11.8. The van der Waals surface area contributed by atoms with Crippen molar-refractivity contribution in [3.8, 4) is 22.6 Å². The Morgan fingerprint density at radius 3 is 1.81 bits per heavy atom. The Labute approximate surface area is 313 Å². The number of ether oxygens (including phenoxy) is 1. The molecule has 0 unspecified atom stereocenters. The molecule has 0 saturated carbocycles. The largest absolute Gasteiger partial charge is 0.457 e. The number of fused-ring (bicyclic) bond motifs is 5. The third-order valence-electron chi connectivity index (χ3n) is 8.54. The van der Waals surface area contributed by atoms with Crippen LogP contribution in [0, 0.1) is 6.92 Å². The van der Waals surface area contributed by atoms with Crippen molar-refractivity contribution in [3.63, 3.8) is 0 Å². The van der Waals surface area contributed by atoms with Gasteiger partial charge in [-0.05, 0) is 70.9 Å². The van der Waals surface area contributed by atoms with Gasteiger partial charge in [-0.15, -0.1) is 0 Å². The minimum Gasteiger partial charge on any atom is -0.457 e. The molecule has 0 atom stereocenters. The van der Waals surface area contributed by atoms with Crippen molar-refractivity contribution in [3.05, 3.63) is 156 Å². The van der Waals surface area contributed by atoms with Gasteiger partial charge in [0.1, 0.15) is 45.9 Å². The maximum atomic E-state index is 13.5. The molecule has 9 heteroatoms. The van der Waals surface area contributed by atoms with Gasteiger partial charge in [-0.25, -0.2) is 4.79 Å². The normalized spacial score (nSPS) is 10.8. The average Bonchev–Trinajstić information content (AvgIpc) is 3.37. The minimum atomic E-state index is -0.468. The van der Waals surface area contributed by atoms with Crippen LogP contribution in [0.2, 0.25) is 0 Å². The van der Waals surface area contributed by atoms with E-state index in [-0.39, 0.29) is 22.7 Å². The fourth-order valence-electron chi connectivity index (χ4n) is 6.12. The van der Waals surface area contributed by atoms with Crippen LogP contribution in [-0.2, 0) is 11.3 Å². The highest BCUT2D eigenvalue weighted by atomic mass is 31.1. The average molecular weight is 755 g/mol. The van der Waals surface area contributed by atoms with Crippen molar-refractivity contribution in [2.24, 2.45) is 0 Å². The van der Waals surface area contributed by atoms with Crippen LogP contribution in [0.25, 0.3) is 54.6 Å². The first kappa shape index (κ1) is 37.1. The molecule has 53 heavy (non-hydrogen) atoms. The Hall–Kier alpha value is -5.63. The van der Waals surface area contributed by atoms with Gasteiger partial charge in [-0.1, -0.05) is 128 Å². The van der Waals surface area contributed by atoms with E-state index in [1.807, 2.05) is 146 Å². The highest BCUT2D eigenvalue weighted by molar-refractivity contribution is 7.31. The Balaban J connectivity index is 0.000000249. The van der Waals surface area contributed by atoms with Gasteiger partial charge in [0.2, 0.25) is 8.67 Å². The van der Waals surface area contributed by atoms with E-state index in [0.717, 1.165) is 65.7 Å². The summed E-state index contributed by atoms with van der Waals surface area (Å²) >= 11 is 0. The van der Waals surface area contributed by atoms with Crippen molar-refractivity contribution >= 4 is 87.6 Å². The van der Waals surface area contributed by atoms with Crippen LogP contribution in [0.5, 0.6) is 11.5 Å². The van der Waals surface area contributed by atoms with Gasteiger partial charge >= 0.3 is 5.97 Å². The predicted molar refractivity (Wildman–Crippen MR) is 226 cm³/mol. The predicted octanol–water partition coefficient (Wildman–Crippen LogP) is 13.6. The highest BCUT2D eigenvalue weighted by Crippen LogP contribution is 2.48. The zero-order valence-electron chi connectivity index (χ0n) is 28.2. The van der Waals surface area contributed by atoms with Gasteiger partial charge < -0.3 is 22.2 Å². The molecule has 0 bridgehead atoms. The molecule has 0 saturated heterocycles. The van der Waals surface area contributed by atoms with Gasteiger partial charge in [0.15, 0.2) is 5.75 Å². The van der Waals surface area contributed by atoms with E-state index in [2.05, 4.69) is 12.6 Å². The SMILES string of the molecule is C.C=POc1ccc2ccccc2c1-c1c(OP=C)c(C(=O)OCc2ccc(C)cc2)cc2ccccc12.c1ccc2c(c1)o[pH]oc1ccccc12. The first-order chi connectivity index (χ1) is 25.6. The van der Waals surface area contributed by atoms with Crippen molar-refractivity contribution < 1.29 is 27.0 Å². The lowest BCUT2D eigenvalue weighted by molar-refractivity contribution is 0.0471. The molecule has 6 nitrogen and oxygen atoms in total. The maximum absolute atomic E-state index is 13.5. The van der Waals surface area contributed by atoms with Gasteiger partial charge in [0, 0.05) is 21.9 Å². The fraction of sp³-hybridized carbons (Fsp3) is 0.0682. The maximum Gasteiger partial charge on any atom is 0.342 e. The zero-order chi connectivity index (χ0) is 35.9. The molecule has 1 heterocycles. The molecule has 7 aromatic carbocycles. The number of esters is 1. The van der Waals surface area contributed by atoms with Crippen LogP contribution < -0.4 is 9.05 Å². The number of rotatable bonds is 8. The first-order valence-electron chi connectivity index (χ1n) is 16.4. The van der Waals surface area contributed by atoms with E-state index in [1.165, 1.54) is 0 Å². The van der Waals surface area contributed by atoms with E-state index in [0.29, 0.717) is 33.9 Å². The van der Waals surface area contributed by atoms with Gasteiger partial charge in [-0.2, -0.15) is 0 Å². The second kappa shape index (κ2) is 17.3. The van der Waals surface area contributed by atoms with Crippen molar-refractivity contribution in [2.45, 2.75) is 21.0 Å². The van der Waals surface area contributed by atoms with Crippen LogP contribution in [0.3, 0.4) is 0 Å². The summed E-state index contributed by atoms with van der Waals surface area (Å²) in [5.74, 6) is 0.590. The van der Waals surface area contributed by atoms with E-state index >= 15 is 0 Å². The summed E-state index contributed by atoms with van der Waals surface area (Å²) in [6, 6.07) is 45.6. The van der Waals surface area contributed by atoms with Crippen LogP contribution in [0.1, 0.15) is 28.9 Å². The molecule has 0 spiro atoms. The van der Waals surface area contributed by atoms with Crippen molar-refractivity contribution in [1.29, 1.82) is 0 Å². The molecule has 1 aromatic heterocycles. The molecule has 8 aromatic rings. The number of carbonyl (C=O) groups excluding carboxylic acids is 1. The monoisotopic (exact) mass is 754 g/mol. The molecule has 0 aliphatic rings. The number of aryl methyl sites for hydroxylation is 1. The minimum absolute atomic E-state index is 0. The Bertz CT molecular complexity index is 2560. The number of hydrogen-bond acceptors (Lipinski definition) is 6. The van der Waals surface area contributed by atoms with E-state index < -0.39 is 5.97 Å². The fourth-order valence-corrected chi connectivity index (χ4v) is 7.31. The van der Waals surface area contributed by atoms with Crippen LogP contribution >= 0.6 is 25.5 Å². The lowest BCUT2D eigenvalue weighted by Gasteiger charge is -2.19. The summed E-state index contributed by atoms with van der Waals surface area (Å²) in [6.45, 7) is 2.18. The van der Waals surface area contributed by atoms with E-state index in [9.17, 15) is 4.79 Å². The molecule has 0 fully saturated rings. The molecule has 264 valence electrons. The summed E-state index contributed by atoms with van der Waals surface area (Å²) in [7, 11) is 0.940. The Morgan fingerprint density at radius 2 is 1.19 bits per heavy atom. The number of carbonyl (C=O) groups is 1. The van der Waals surface area contributed by atoms with Crippen LogP contribution in [0.4, 0.5) is 0 Å². The molecule has 8 rings (SSSR count). The van der Waals surface area contributed by atoms with Crippen LogP contribution in [0.15, 0.2) is 148 Å². The van der Waals surface area contributed by atoms with Gasteiger partial charge in [0.05, 0.1) is 0 Å². The van der Waals surface area contributed by atoms with E-state index in [1.54, 1.807) is 0 Å². The summed E-state index contributed by atoms with van der Waals surface area (Å²) in [6.07, 6.45) is 7.73. The summed E-state index contributed by atoms with van der Waals surface area (Å²) in [5, 5.41) is 6.03. The smallest absolute Gasteiger partial charge is 0.342 e. The topological polar surface area (TPSA) is 71.0 Å². The quantitative estimate of drug-likeness (QED) is 0.114. The van der Waals surface area contributed by atoms with Crippen LogP contribution in [-0.4, -0.2) is 18.6 Å². The van der Waals surface area contributed by atoms with Gasteiger partial charge in [-0.3, -0.25) is 0 Å². The van der Waals surface area contributed by atoms with Crippen molar-refractivity contribution in [1.82, 2.24) is 0 Å². The molecule has 0 amide bonds. The number of benzene rings is 7. The molecule has 0 N–H and O–H groups in total. The summed E-state index contributed by atoms with van der Waals surface area (Å²) in [4.78, 5) is 13.5. The van der Waals surface area contributed by atoms with Gasteiger partial charge in [0.25, 0.3) is 0 Å². The number of hydrogen-bond donors (Lipinski definition) is 0. The first-order valence-corrected chi connectivity index (χ1v) is 19.2. The lowest BCUT2D eigenvalue weighted by Crippen LogP contribution is -2.08.